The van der Waals surface area contributed by atoms with Crippen molar-refractivity contribution in [3.63, 3.8) is 0 Å². The Bertz CT molecular complexity index is 1140. The van der Waals surface area contributed by atoms with E-state index in [0.717, 1.165) is 62.8 Å². The number of hydrogen-bond acceptors (Lipinski definition) is 6. The van der Waals surface area contributed by atoms with Crippen LogP contribution in [0.3, 0.4) is 0 Å². The fourth-order valence-corrected chi connectivity index (χ4v) is 4.83. The van der Waals surface area contributed by atoms with Gasteiger partial charge in [-0.3, -0.25) is 9.78 Å². The van der Waals surface area contributed by atoms with Gasteiger partial charge in [0.05, 0.1) is 17.2 Å². The molecule has 0 bridgehead atoms. The van der Waals surface area contributed by atoms with Gasteiger partial charge in [0, 0.05) is 37.7 Å². The average Bonchev–Trinajstić information content (AvgIpc) is 2.83. The Balaban J connectivity index is 1.21. The molecule has 1 fully saturated rings. The van der Waals surface area contributed by atoms with Gasteiger partial charge in [0.2, 0.25) is 0 Å². The molecule has 2 aliphatic rings. The molecule has 2 aromatic heterocycles. The van der Waals surface area contributed by atoms with Crippen LogP contribution >= 0.6 is 0 Å². The highest BCUT2D eigenvalue weighted by molar-refractivity contribution is 5.99. The summed E-state index contributed by atoms with van der Waals surface area (Å²) >= 11 is 0. The first-order chi connectivity index (χ1) is 17.6. The van der Waals surface area contributed by atoms with Crippen molar-refractivity contribution in [1.82, 2.24) is 15.3 Å². The summed E-state index contributed by atoms with van der Waals surface area (Å²) in [6, 6.07) is 2.86. The Morgan fingerprint density at radius 1 is 1.27 bits per heavy atom. The molecule has 1 saturated carbocycles. The molecule has 1 aliphatic carbocycles. The number of pyridine rings is 2. The first-order valence-electron chi connectivity index (χ1n) is 12.5. The third kappa shape index (κ3) is 6.76. The van der Waals surface area contributed by atoms with Crippen LogP contribution in [0.25, 0.3) is 0 Å². The van der Waals surface area contributed by atoms with Crippen LogP contribution in [0.1, 0.15) is 64.8 Å². The number of nitrogens with zero attached hydrogens (tertiary/aromatic N) is 2. The maximum absolute atomic E-state index is 13.3. The molecule has 1 atom stereocenters. The minimum absolute atomic E-state index is 0.00702. The molecular formula is C26H31F3N4O4. The number of alkyl halides is 3. The number of ether oxygens (including phenoxy) is 1. The number of amides is 1. The Morgan fingerprint density at radius 2 is 2.05 bits per heavy atom. The Hall–Kier alpha value is -3.21. The summed E-state index contributed by atoms with van der Waals surface area (Å²) in [5.74, 6) is -0.946. The van der Waals surface area contributed by atoms with E-state index in [4.69, 9.17) is 9.72 Å². The fourth-order valence-electron chi connectivity index (χ4n) is 4.83. The Labute approximate surface area is 213 Å². The number of carbonyl (C=O) groups excluding carboxylic acids is 1. The van der Waals surface area contributed by atoms with Crippen molar-refractivity contribution < 1.29 is 32.6 Å². The number of aryl methyl sites for hydroxylation is 3. The molecule has 0 radical (unpaired) electrons. The molecule has 0 aromatic carbocycles. The average molecular weight is 521 g/mol. The third-order valence-corrected chi connectivity index (χ3v) is 6.98. The molecular weight excluding hydrogens is 489 g/mol. The zero-order chi connectivity index (χ0) is 26.6. The van der Waals surface area contributed by atoms with E-state index in [1.807, 2.05) is 0 Å². The van der Waals surface area contributed by atoms with Crippen molar-refractivity contribution in [3.05, 3.63) is 52.5 Å². The maximum Gasteiger partial charge on any atom is 0.418 e. The summed E-state index contributed by atoms with van der Waals surface area (Å²) in [5, 5.41) is 15.0. The molecule has 4 rings (SSSR count). The second-order valence-corrected chi connectivity index (χ2v) is 9.74. The number of carboxylic acid groups (broad SMARTS) is 1. The lowest BCUT2D eigenvalue weighted by Crippen LogP contribution is -2.43. The lowest BCUT2D eigenvalue weighted by atomic mass is 9.79. The molecule has 11 heteroatoms. The van der Waals surface area contributed by atoms with Crippen molar-refractivity contribution in [2.75, 3.05) is 18.5 Å². The predicted octanol–water partition coefficient (Wildman–Crippen LogP) is 4.16. The molecule has 1 amide bonds. The van der Waals surface area contributed by atoms with E-state index in [9.17, 15) is 27.9 Å². The van der Waals surface area contributed by atoms with Crippen LogP contribution in [0, 0.1) is 12.8 Å². The van der Waals surface area contributed by atoms with Crippen LogP contribution < -0.4 is 10.6 Å². The smallest absolute Gasteiger partial charge is 0.418 e. The molecule has 1 aliphatic heterocycles. The zero-order valence-electron chi connectivity index (χ0n) is 20.6. The van der Waals surface area contributed by atoms with Gasteiger partial charge >= 0.3 is 12.1 Å². The number of aliphatic carboxylic acids is 1. The molecule has 0 unspecified atom stereocenters. The fraction of sp³-hybridized carbons (Fsp3) is 0.538. The number of carboxylic acids is 1. The Morgan fingerprint density at radius 3 is 2.78 bits per heavy atom. The summed E-state index contributed by atoms with van der Waals surface area (Å²) in [7, 11) is 0. The van der Waals surface area contributed by atoms with Crippen molar-refractivity contribution in [1.29, 1.82) is 0 Å². The lowest BCUT2D eigenvalue weighted by molar-refractivity contribution is -0.140. The minimum Gasteiger partial charge on any atom is -0.480 e. The number of aromatic nitrogens is 2. The van der Waals surface area contributed by atoms with Crippen LogP contribution in [0.2, 0.25) is 0 Å². The van der Waals surface area contributed by atoms with Crippen LogP contribution in [0.15, 0.2) is 24.5 Å². The molecule has 0 saturated heterocycles. The van der Waals surface area contributed by atoms with Crippen LogP contribution in [0.5, 0.6) is 0 Å². The summed E-state index contributed by atoms with van der Waals surface area (Å²) in [4.78, 5) is 32.4. The summed E-state index contributed by atoms with van der Waals surface area (Å²) < 4.78 is 45.7. The third-order valence-electron chi connectivity index (χ3n) is 6.98. The standard InChI is InChI=1S/C26H31F3N4O4/c1-15-13-30-14-20(26(27,28)29)22(15)24(34)33-21(25(35)36)8-10-37-19-11-16(12-19)4-6-18-7-5-17-3-2-9-31-23(17)32-18/h5,7,13-14,16,19,21H,2-4,6,8-12H2,1H3,(H,31,32)(H,33,34)(H,35,36)/t16-,19+,21-/m0/s1. The number of hydrogen-bond donors (Lipinski definition) is 3. The number of halogens is 3. The van der Waals surface area contributed by atoms with Gasteiger partial charge < -0.3 is 20.5 Å². The summed E-state index contributed by atoms with van der Waals surface area (Å²) in [6.07, 6.45) is 2.63. The maximum atomic E-state index is 13.3. The molecule has 2 aromatic rings. The van der Waals surface area contributed by atoms with Crippen molar-refractivity contribution in [2.45, 2.75) is 70.2 Å². The minimum atomic E-state index is -4.79. The number of nitrogens with one attached hydrogen (secondary N) is 2. The van der Waals surface area contributed by atoms with Gasteiger partial charge in [-0.15, -0.1) is 0 Å². The SMILES string of the molecule is Cc1cncc(C(F)(F)F)c1C(=O)N[C@@H](CCO[C@H]1C[C@@H](CCc2ccc3c(n2)NCCC3)C1)C(=O)O. The van der Waals surface area contributed by atoms with Crippen molar-refractivity contribution in [3.8, 4) is 0 Å². The molecule has 8 nitrogen and oxygen atoms in total. The largest absolute Gasteiger partial charge is 0.480 e. The number of anilines is 1. The predicted molar refractivity (Wildman–Crippen MR) is 129 cm³/mol. The first-order valence-corrected chi connectivity index (χ1v) is 12.5. The topological polar surface area (TPSA) is 113 Å². The second kappa shape index (κ2) is 11.5. The number of carbonyl (C=O) groups is 2. The first kappa shape index (κ1) is 26.8. The van der Waals surface area contributed by atoms with Gasteiger partial charge in [-0.1, -0.05) is 6.07 Å². The van der Waals surface area contributed by atoms with Crippen LogP contribution in [0.4, 0.5) is 19.0 Å². The van der Waals surface area contributed by atoms with E-state index in [0.29, 0.717) is 12.1 Å². The lowest BCUT2D eigenvalue weighted by Gasteiger charge is -2.35. The monoisotopic (exact) mass is 520 g/mol. The number of rotatable bonds is 10. The van der Waals surface area contributed by atoms with E-state index in [1.54, 1.807) is 0 Å². The molecule has 3 N–H and O–H groups in total. The molecule has 37 heavy (non-hydrogen) atoms. The highest BCUT2D eigenvalue weighted by atomic mass is 19.4. The van der Waals surface area contributed by atoms with E-state index in [2.05, 4.69) is 27.8 Å². The Kier molecular flexibility index (Phi) is 8.31. The highest BCUT2D eigenvalue weighted by Gasteiger charge is 2.37. The number of fused-ring (bicyclic) bond motifs is 1. The van der Waals surface area contributed by atoms with E-state index in [-0.39, 0.29) is 24.7 Å². The van der Waals surface area contributed by atoms with Gasteiger partial charge in [-0.2, -0.15) is 13.2 Å². The van der Waals surface area contributed by atoms with Crippen LogP contribution in [-0.2, 0) is 28.5 Å². The quantitative estimate of drug-likeness (QED) is 0.431. The van der Waals surface area contributed by atoms with Crippen LogP contribution in [-0.4, -0.2) is 52.2 Å². The highest BCUT2D eigenvalue weighted by Crippen LogP contribution is 2.34. The van der Waals surface area contributed by atoms with Gasteiger partial charge in [0.1, 0.15) is 11.9 Å². The van der Waals surface area contributed by atoms with Gasteiger partial charge in [0.15, 0.2) is 0 Å². The normalized spacial score (nSPS) is 19.8. The van der Waals surface area contributed by atoms with E-state index >= 15 is 0 Å². The summed E-state index contributed by atoms with van der Waals surface area (Å²) in [5.41, 5.74) is 0.513. The van der Waals surface area contributed by atoms with E-state index in [1.165, 1.54) is 12.5 Å². The molecule has 3 heterocycles. The van der Waals surface area contributed by atoms with Gasteiger partial charge in [0.25, 0.3) is 5.91 Å². The van der Waals surface area contributed by atoms with Gasteiger partial charge in [-0.25, -0.2) is 9.78 Å². The zero-order valence-corrected chi connectivity index (χ0v) is 20.6. The second-order valence-electron chi connectivity index (χ2n) is 9.74. The molecule has 200 valence electrons. The molecule has 0 spiro atoms. The van der Waals surface area contributed by atoms with Crippen molar-refractivity contribution in [2.24, 2.45) is 5.92 Å². The summed E-state index contributed by atoms with van der Waals surface area (Å²) in [6.45, 7) is 2.35. The van der Waals surface area contributed by atoms with E-state index < -0.39 is 35.2 Å². The van der Waals surface area contributed by atoms with Gasteiger partial charge in [-0.05, 0) is 68.6 Å². The van der Waals surface area contributed by atoms with Crippen molar-refractivity contribution >= 4 is 17.7 Å².